The summed E-state index contributed by atoms with van der Waals surface area (Å²) in [4.78, 5) is 20.2. The second-order valence-corrected chi connectivity index (χ2v) is 5.85. The van der Waals surface area contributed by atoms with E-state index in [0.717, 1.165) is 18.1 Å². The number of thioether (sulfide) groups is 1. The molecule has 1 saturated heterocycles. The molecule has 0 bridgehead atoms. The van der Waals surface area contributed by atoms with Gasteiger partial charge in [0, 0.05) is 42.9 Å². The Hall–Kier alpha value is -1.64. The predicted octanol–water partition coefficient (Wildman–Crippen LogP) is 1.12. The van der Waals surface area contributed by atoms with Crippen LogP contribution in [0.25, 0.3) is 5.95 Å². The first-order valence-electron chi connectivity index (χ1n) is 6.74. The number of carbonyl (C=O) groups excluding carboxylic acids is 1. The van der Waals surface area contributed by atoms with Crippen LogP contribution in [-0.4, -0.2) is 49.7 Å². The summed E-state index contributed by atoms with van der Waals surface area (Å²) in [5.74, 6) is 2.55. The van der Waals surface area contributed by atoms with Crippen molar-refractivity contribution in [2.45, 2.75) is 12.5 Å². The summed E-state index contributed by atoms with van der Waals surface area (Å²) in [5, 5.41) is 10.3. The van der Waals surface area contributed by atoms with E-state index in [1.54, 1.807) is 30.9 Å². The zero-order valence-corrected chi connectivity index (χ0v) is 13.4. The summed E-state index contributed by atoms with van der Waals surface area (Å²) < 4.78 is 1.53. The van der Waals surface area contributed by atoms with E-state index in [0.29, 0.717) is 18.1 Å². The first-order chi connectivity index (χ1) is 10.3. The minimum Gasteiger partial charge on any atom is -0.323 e. The van der Waals surface area contributed by atoms with Crippen LogP contribution < -0.4 is 10.6 Å². The number of aromatic nitrogens is 4. The Morgan fingerprint density at radius 2 is 2.27 bits per heavy atom. The van der Waals surface area contributed by atoms with Crippen LogP contribution in [0.1, 0.15) is 6.42 Å². The lowest BCUT2D eigenvalue weighted by Gasteiger charge is -2.22. The van der Waals surface area contributed by atoms with E-state index in [4.69, 9.17) is 0 Å². The van der Waals surface area contributed by atoms with Crippen LogP contribution in [0, 0.1) is 0 Å². The molecule has 1 amide bonds. The van der Waals surface area contributed by atoms with Crippen LogP contribution in [0.4, 0.5) is 5.69 Å². The Morgan fingerprint density at radius 1 is 1.45 bits per heavy atom. The fourth-order valence-electron chi connectivity index (χ4n) is 2.09. The molecular formula is C13H17ClN6OS. The molecule has 0 spiro atoms. The van der Waals surface area contributed by atoms with Gasteiger partial charge in [-0.3, -0.25) is 4.79 Å². The van der Waals surface area contributed by atoms with Crippen LogP contribution in [0.2, 0.25) is 0 Å². The summed E-state index contributed by atoms with van der Waals surface area (Å²) in [6, 6.07) is 1.99. The maximum Gasteiger partial charge on any atom is 0.250 e. The van der Waals surface area contributed by atoms with Crippen molar-refractivity contribution >= 4 is 35.8 Å². The fraction of sp³-hybridized carbons (Fsp3) is 0.385. The number of halogens is 1. The maximum absolute atomic E-state index is 12.0. The van der Waals surface area contributed by atoms with E-state index in [1.807, 2.05) is 11.8 Å². The van der Waals surface area contributed by atoms with Gasteiger partial charge in [0.05, 0.1) is 18.1 Å². The molecular weight excluding hydrogens is 324 g/mol. The third kappa shape index (κ3) is 4.43. The van der Waals surface area contributed by atoms with Gasteiger partial charge in [0.1, 0.15) is 0 Å². The second-order valence-electron chi connectivity index (χ2n) is 4.70. The van der Waals surface area contributed by atoms with E-state index in [2.05, 4.69) is 25.7 Å². The molecule has 7 nitrogen and oxygen atoms in total. The topological polar surface area (TPSA) is 84.7 Å². The molecule has 1 fully saturated rings. The van der Waals surface area contributed by atoms with Crippen molar-refractivity contribution in [3.63, 3.8) is 0 Å². The van der Waals surface area contributed by atoms with Crippen molar-refractivity contribution in [3.8, 4) is 5.95 Å². The number of hydrogen-bond donors (Lipinski definition) is 2. The monoisotopic (exact) mass is 340 g/mol. The molecule has 1 aliphatic rings. The summed E-state index contributed by atoms with van der Waals surface area (Å²) in [5.41, 5.74) is 0.649. The van der Waals surface area contributed by atoms with Gasteiger partial charge in [-0.25, -0.2) is 14.6 Å². The number of anilines is 1. The SMILES string of the molecule is Cl.O=C(CC1CSCCN1)Nc1cnn(-c2ncccn2)c1. The maximum atomic E-state index is 12.0. The van der Waals surface area contributed by atoms with E-state index < -0.39 is 0 Å². The summed E-state index contributed by atoms with van der Waals surface area (Å²) >= 11 is 1.88. The standard InChI is InChI=1S/C13H16N6OS.ClH/c20-12(6-10-9-21-5-4-14-10)18-11-7-17-19(8-11)13-15-2-1-3-16-13;/h1-3,7-8,10,14H,4-6,9H2,(H,18,20);1H. The minimum atomic E-state index is -0.0106. The Morgan fingerprint density at radius 3 is 3.00 bits per heavy atom. The van der Waals surface area contributed by atoms with Crippen molar-refractivity contribution in [1.82, 2.24) is 25.1 Å². The van der Waals surface area contributed by atoms with Crippen LogP contribution in [0.3, 0.4) is 0 Å². The fourth-order valence-corrected chi connectivity index (χ4v) is 3.04. The van der Waals surface area contributed by atoms with Crippen LogP contribution in [0.15, 0.2) is 30.9 Å². The highest BCUT2D eigenvalue weighted by molar-refractivity contribution is 7.99. The number of nitrogens with one attached hydrogen (secondary N) is 2. The van der Waals surface area contributed by atoms with Gasteiger partial charge in [-0.2, -0.15) is 16.9 Å². The molecule has 0 radical (unpaired) electrons. The number of rotatable bonds is 4. The molecule has 1 unspecified atom stereocenters. The smallest absolute Gasteiger partial charge is 0.250 e. The molecule has 3 heterocycles. The summed E-state index contributed by atoms with van der Waals surface area (Å²) in [6.45, 7) is 0.964. The molecule has 9 heteroatoms. The number of amides is 1. The van der Waals surface area contributed by atoms with E-state index in [-0.39, 0.29) is 24.4 Å². The van der Waals surface area contributed by atoms with Crippen molar-refractivity contribution in [2.75, 3.05) is 23.4 Å². The molecule has 2 aromatic rings. The quantitative estimate of drug-likeness (QED) is 0.867. The van der Waals surface area contributed by atoms with Crippen molar-refractivity contribution in [3.05, 3.63) is 30.9 Å². The molecule has 0 aliphatic carbocycles. The first-order valence-corrected chi connectivity index (χ1v) is 7.90. The van der Waals surface area contributed by atoms with Gasteiger partial charge in [0.15, 0.2) is 0 Å². The summed E-state index contributed by atoms with van der Waals surface area (Å²) in [6.07, 6.45) is 7.07. The molecule has 118 valence electrons. The molecule has 1 aliphatic heterocycles. The minimum absolute atomic E-state index is 0. The number of carbonyl (C=O) groups is 1. The molecule has 0 saturated carbocycles. The molecule has 3 rings (SSSR count). The highest BCUT2D eigenvalue weighted by atomic mass is 35.5. The van der Waals surface area contributed by atoms with Crippen molar-refractivity contribution < 1.29 is 4.79 Å². The third-order valence-corrected chi connectivity index (χ3v) is 4.18. The first kappa shape index (κ1) is 16.7. The number of nitrogens with zero attached hydrogens (tertiary/aromatic N) is 4. The van der Waals surface area contributed by atoms with Gasteiger partial charge in [0.2, 0.25) is 11.9 Å². The molecule has 1 atom stereocenters. The average molecular weight is 341 g/mol. The highest BCUT2D eigenvalue weighted by Crippen LogP contribution is 2.12. The van der Waals surface area contributed by atoms with E-state index in [1.165, 1.54) is 4.68 Å². The zero-order chi connectivity index (χ0) is 14.5. The van der Waals surface area contributed by atoms with Gasteiger partial charge in [-0.05, 0) is 6.07 Å². The van der Waals surface area contributed by atoms with Crippen LogP contribution >= 0.6 is 24.2 Å². The second kappa shape index (κ2) is 8.11. The van der Waals surface area contributed by atoms with Crippen molar-refractivity contribution in [2.24, 2.45) is 0 Å². The van der Waals surface area contributed by atoms with Gasteiger partial charge < -0.3 is 10.6 Å². The Labute approximate surface area is 138 Å². The average Bonchev–Trinajstić information content (AvgIpc) is 2.97. The Bertz CT molecular complexity index is 602. The summed E-state index contributed by atoms with van der Waals surface area (Å²) in [7, 11) is 0. The molecule has 0 aromatic carbocycles. The van der Waals surface area contributed by atoms with Crippen LogP contribution in [-0.2, 0) is 4.79 Å². The lowest BCUT2D eigenvalue weighted by atomic mass is 10.2. The van der Waals surface area contributed by atoms with Gasteiger partial charge in [-0.1, -0.05) is 0 Å². The van der Waals surface area contributed by atoms with E-state index in [9.17, 15) is 4.79 Å². The number of hydrogen-bond acceptors (Lipinski definition) is 6. The third-order valence-electron chi connectivity index (χ3n) is 3.05. The zero-order valence-electron chi connectivity index (χ0n) is 11.8. The van der Waals surface area contributed by atoms with Crippen LogP contribution in [0.5, 0.6) is 0 Å². The molecule has 2 aromatic heterocycles. The lowest BCUT2D eigenvalue weighted by Crippen LogP contribution is -2.39. The van der Waals surface area contributed by atoms with Gasteiger partial charge in [-0.15, -0.1) is 12.4 Å². The van der Waals surface area contributed by atoms with Crippen molar-refractivity contribution in [1.29, 1.82) is 0 Å². The molecule has 22 heavy (non-hydrogen) atoms. The lowest BCUT2D eigenvalue weighted by molar-refractivity contribution is -0.116. The Balaban J connectivity index is 0.00000176. The molecule has 2 N–H and O–H groups in total. The van der Waals surface area contributed by atoms with E-state index >= 15 is 0 Å². The van der Waals surface area contributed by atoms with Gasteiger partial charge >= 0.3 is 0 Å². The highest BCUT2D eigenvalue weighted by Gasteiger charge is 2.17. The van der Waals surface area contributed by atoms with Gasteiger partial charge in [0.25, 0.3) is 0 Å². The normalized spacial score (nSPS) is 17.5. The largest absolute Gasteiger partial charge is 0.323 e. The Kier molecular flexibility index (Phi) is 6.17. The predicted molar refractivity (Wildman–Crippen MR) is 88.8 cm³/mol.